The van der Waals surface area contributed by atoms with Gasteiger partial charge in [0, 0.05) is 6.04 Å². The van der Waals surface area contributed by atoms with E-state index in [9.17, 15) is 0 Å². The molecule has 1 atom stereocenters. The van der Waals surface area contributed by atoms with Crippen LogP contribution in [0.25, 0.3) is 0 Å². The summed E-state index contributed by atoms with van der Waals surface area (Å²) in [5, 5.41) is 0. The summed E-state index contributed by atoms with van der Waals surface area (Å²) >= 11 is 0. The molecular formula is C11H19NO. The molecule has 0 aromatic heterocycles. The zero-order chi connectivity index (χ0) is 9.68. The maximum Gasteiger partial charge on any atom is 0.114 e. The van der Waals surface area contributed by atoms with Crippen molar-refractivity contribution >= 4 is 0 Å². The van der Waals surface area contributed by atoms with E-state index >= 15 is 0 Å². The Morgan fingerprint density at radius 3 is 2.54 bits per heavy atom. The molecule has 0 saturated heterocycles. The van der Waals surface area contributed by atoms with Crippen LogP contribution in [0.5, 0.6) is 0 Å². The van der Waals surface area contributed by atoms with Gasteiger partial charge in [-0.3, -0.25) is 4.90 Å². The molecule has 0 saturated carbocycles. The van der Waals surface area contributed by atoms with E-state index in [1.54, 1.807) is 7.11 Å². The first kappa shape index (κ1) is 10.3. The van der Waals surface area contributed by atoms with E-state index in [1.165, 1.54) is 0 Å². The third kappa shape index (κ3) is 2.59. The molecule has 74 valence electrons. The summed E-state index contributed by atoms with van der Waals surface area (Å²) in [7, 11) is 1.72. The van der Waals surface area contributed by atoms with E-state index in [0.29, 0.717) is 6.04 Å². The van der Waals surface area contributed by atoms with E-state index < -0.39 is 0 Å². The van der Waals surface area contributed by atoms with Gasteiger partial charge < -0.3 is 4.74 Å². The summed E-state index contributed by atoms with van der Waals surface area (Å²) in [6.45, 7) is 6.63. The highest BCUT2D eigenvalue weighted by Crippen LogP contribution is 2.15. The summed E-state index contributed by atoms with van der Waals surface area (Å²) in [6.07, 6.45) is 7.52. The number of likely N-dealkylation sites (N-methyl/N-ethyl adjacent to an activating group) is 1. The number of allylic oxidation sites excluding steroid dienone is 1. The number of nitrogens with zero attached hydrogens (tertiary/aromatic N) is 1. The third-order valence-electron chi connectivity index (χ3n) is 2.56. The van der Waals surface area contributed by atoms with Gasteiger partial charge in [-0.25, -0.2) is 0 Å². The van der Waals surface area contributed by atoms with E-state index in [0.717, 1.165) is 25.3 Å². The molecule has 2 heteroatoms. The van der Waals surface area contributed by atoms with Gasteiger partial charge in [0.1, 0.15) is 5.76 Å². The molecule has 0 heterocycles. The van der Waals surface area contributed by atoms with Crippen molar-refractivity contribution in [3.8, 4) is 0 Å². The second-order valence-electron chi connectivity index (χ2n) is 3.19. The van der Waals surface area contributed by atoms with Crippen molar-refractivity contribution in [1.82, 2.24) is 4.90 Å². The lowest BCUT2D eigenvalue weighted by Gasteiger charge is -2.28. The van der Waals surface area contributed by atoms with E-state index in [2.05, 4.69) is 37.0 Å². The van der Waals surface area contributed by atoms with Crippen molar-refractivity contribution in [2.75, 3.05) is 20.2 Å². The molecule has 1 unspecified atom stereocenters. The Hall–Kier alpha value is -0.760. The van der Waals surface area contributed by atoms with Crippen molar-refractivity contribution < 1.29 is 4.74 Å². The Morgan fingerprint density at radius 1 is 1.46 bits per heavy atom. The number of hydrogen-bond donors (Lipinski definition) is 0. The molecule has 0 aromatic rings. The minimum atomic E-state index is 0.564. The highest BCUT2D eigenvalue weighted by molar-refractivity contribution is 5.20. The topological polar surface area (TPSA) is 12.5 Å². The van der Waals surface area contributed by atoms with Crippen LogP contribution in [0.2, 0.25) is 0 Å². The van der Waals surface area contributed by atoms with Gasteiger partial charge in [0.05, 0.1) is 7.11 Å². The lowest BCUT2D eigenvalue weighted by Crippen LogP contribution is -2.34. The molecule has 0 amide bonds. The fourth-order valence-electron chi connectivity index (χ4n) is 1.70. The van der Waals surface area contributed by atoms with E-state index in [1.807, 2.05) is 0 Å². The van der Waals surface area contributed by atoms with E-state index in [4.69, 9.17) is 4.74 Å². The normalized spacial score (nSPS) is 21.8. The molecule has 1 aliphatic rings. The predicted molar refractivity (Wildman–Crippen MR) is 55.6 cm³/mol. The number of rotatable bonds is 4. The zero-order valence-corrected chi connectivity index (χ0v) is 8.79. The summed E-state index contributed by atoms with van der Waals surface area (Å²) in [5.41, 5.74) is 0. The quantitative estimate of drug-likeness (QED) is 0.659. The summed E-state index contributed by atoms with van der Waals surface area (Å²) in [6, 6.07) is 0.564. The average Bonchev–Trinajstić information content (AvgIpc) is 2.21. The first-order valence-corrected chi connectivity index (χ1v) is 4.98. The molecule has 13 heavy (non-hydrogen) atoms. The van der Waals surface area contributed by atoms with Gasteiger partial charge in [-0.15, -0.1) is 0 Å². The van der Waals surface area contributed by atoms with Crippen LogP contribution >= 0.6 is 0 Å². The average molecular weight is 181 g/mol. The van der Waals surface area contributed by atoms with Gasteiger partial charge in [-0.05, 0) is 31.7 Å². The number of hydrogen-bond acceptors (Lipinski definition) is 2. The summed E-state index contributed by atoms with van der Waals surface area (Å²) in [5.74, 6) is 0.989. The maximum absolute atomic E-state index is 5.14. The second-order valence-corrected chi connectivity index (χ2v) is 3.19. The van der Waals surface area contributed by atoms with Crippen molar-refractivity contribution in [1.29, 1.82) is 0 Å². The highest BCUT2D eigenvalue weighted by Gasteiger charge is 2.14. The van der Waals surface area contributed by atoms with Gasteiger partial charge in [0.15, 0.2) is 0 Å². The predicted octanol–water partition coefficient (Wildman–Crippen LogP) is 2.19. The van der Waals surface area contributed by atoms with Crippen LogP contribution in [0.15, 0.2) is 24.0 Å². The largest absolute Gasteiger partial charge is 0.497 e. The van der Waals surface area contributed by atoms with Crippen molar-refractivity contribution in [2.24, 2.45) is 0 Å². The lowest BCUT2D eigenvalue weighted by atomic mass is 10.1. The van der Waals surface area contributed by atoms with Crippen LogP contribution < -0.4 is 0 Å². The number of ether oxygens (including phenoxy) is 1. The number of methoxy groups -OCH3 is 1. The first-order valence-electron chi connectivity index (χ1n) is 4.98. The molecule has 1 rings (SSSR count). The van der Waals surface area contributed by atoms with Crippen LogP contribution in [0.4, 0.5) is 0 Å². The van der Waals surface area contributed by atoms with Gasteiger partial charge >= 0.3 is 0 Å². The van der Waals surface area contributed by atoms with Gasteiger partial charge in [-0.2, -0.15) is 0 Å². The second kappa shape index (κ2) is 5.07. The molecule has 1 aliphatic carbocycles. The highest BCUT2D eigenvalue weighted by atomic mass is 16.5. The molecule has 0 radical (unpaired) electrons. The SMILES string of the molecule is CCN(CC)C1C=CC(OC)=CC1. The Bertz CT molecular complexity index is 204. The molecule has 0 aliphatic heterocycles. The van der Waals surface area contributed by atoms with Crippen LogP contribution in [0, 0.1) is 0 Å². The maximum atomic E-state index is 5.14. The first-order chi connectivity index (χ1) is 6.31. The molecular weight excluding hydrogens is 162 g/mol. The van der Waals surface area contributed by atoms with Crippen molar-refractivity contribution in [2.45, 2.75) is 26.3 Å². The molecule has 2 nitrogen and oxygen atoms in total. The monoisotopic (exact) mass is 181 g/mol. The Labute approximate surface area is 80.9 Å². The molecule has 0 aromatic carbocycles. The van der Waals surface area contributed by atoms with Gasteiger partial charge in [0.2, 0.25) is 0 Å². The third-order valence-corrected chi connectivity index (χ3v) is 2.56. The molecule has 0 fully saturated rings. The van der Waals surface area contributed by atoms with Gasteiger partial charge in [-0.1, -0.05) is 19.9 Å². The van der Waals surface area contributed by atoms with Crippen LogP contribution in [0.1, 0.15) is 20.3 Å². The smallest absolute Gasteiger partial charge is 0.114 e. The van der Waals surface area contributed by atoms with Crippen LogP contribution in [-0.4, -0.2) is 31.1 Å². The van der Waals surface area contributed by atoms with Gasteiger partial charge in [0.25, 0.3) is 0 Å². The zero-order valence-electron chi connectivity index (χ0n) is 8.79. The summed E-state index contributed by atoms with van der Waals surface area (Å²) < 4.78 is 5.14. The molecule has 0 spiro atoms. The van der Waals surface area contributed by atoms with Crippen molar-refractivity contribution in [3.63, 3.8) is 0 Å². The van der Waals surface area contributed by atoms with E-state index in [-0.39, 0.29) is 0 Å². The summed E-state index contributed by atoms with van der Waals surface area (Å²) in [4.78, 5) is 2.44. The molecule has 0 bridgehead atoms. The van der Waals surface area contributed by atoms with Crippen LogP contribution in [-0.2, 0) is 4.74 Å². The minimum Gasteiger partial charge on any atom is -0.497 e. The lowest BCUT2D eigenvalue weighted by molar-refractivity contribution is 0.244. The minimum absolute atomic E-state index is 0.564. The van der Waals surface area contributed by atoms with Crippen LogP contribution in [0.3, 0.4) is 0 Å². The standard InChI is InChI=1S/C11H19NO/c1-4-12(5-2)10-6-8-11(13-3)9-7-10/h6,8-10H,4-5,7H2,1-3H3. The fraction of sp³-hybridized carbons (Fsp3) is 0.636. The molecule has 0 N–H and O–H groups in total. The fourth-order valence-corrected chi connectivity index (χ4v) is 1.70. The Morgan fingerprint density at radius 2 is 2.15 bits per heavy atom. The Balaban J connectivity index is 2.50. The Kier molecular flexibility index (Phi) is 4.03. The van der Waals surface area contributed by atoms with Crippen molar-refractivity contribution in [3.05, 3.63) is 24.0 Å².